The molecule has 0 bridgehead atoms. The van der Waals surface area contributed by atoms with Crippen LogP contribution >= 0.6 is 0 Å². The van der Waals surface area contributed by atoms with Crippen LogP contribution in [0.25, 0.3) is 0 Å². The zero-order valence-corrected chi connectivity index (χ0v) is 12.2. The van der Waals surface area contributed by atoms with E-state index in [9.17, 15) is 13.2 Å². The highest BCUT2D eigenvalue weighted by molar-refractivity contribution is 5.30. The summed E-state index contributed by atoms with van der Waals surface area (Å²) in [7, 11) is 0. The Morgan fingerprint density at radius 3 is 2.45 bits per heavy atom. The molecule has 0 aromatic heterocycles. The van der Waals surface area contributed by atoms with Gasteiger partial charge in [0, 0.05) is 12.5 Å². The van der Waals surface area contributed by atoms with Gasteiger partial charge in [0.25, 0.3) is 0 Å². The van der Waals surface area contributed by atoms with Gasteiger partial charge in [-0.1, -0.05) is 30.3 Å². The standard InChI is InChI=1S/C17H18F3NO/c1-12-4-2-7-16(8-12)22-11-14(10-21)13-5-3-6-15(9-13)17(18,19)20/h2-9,14H,10-11,21H2,1H3. The molecule has 118 valence electrons. The molecule has 5 heteroatoms. The summed E-state index contributed by atoms with van der Waals surface area (Å²) in [6.45, 7) is 2.40. The topological polar surface area (TPSA) is 35.2 Å². The van der Waals surface area contributed by atoms with E-state index >= 15 is 0 Å². The van der Waals surface area contributed by atoms with E-state index in [1.54, 1.807) is 6.07 Å². The van der Waals surface area contributed by atoms with Crippen molar-refractivity contribution in [2.45, 2.75) is 19.0 Å². The van der Waals surface area contributed by atoms with Crippen LogP contribution in [0, 0.1) is 6.92 Å². The van der Waals surface area contributed by atoms with E-state index in [0.717, 1.165) is 17.7 Å². The second-order valence-electron chi connectivity index (χ2n) is 5.18. The van der Waals surface area contributed by atoms with Gasteiger partial charge in [0.2, 0.25) is 0 Å². The first kappa shape index (κ1) is 16.4. The molecule has 0 amide bonds. The Morgan fingerprint density at radius 1 is 1.09 bits per heavy atom. The summed E-state index contributed by atoms with van der Waals surface area (Å²) in [4.78, 5) is 0. The molecule has 1 unspecified atom stereocenters. The Morgan fingerprint density at radius 2 is 1.82 bits per heavy atom. The van der Waals surface area contributed by atoms with Crippen molar-refractivity contribution in [3.8, 4) is 5.75 Å². The Balaban J connectivity index is 2.11. The van der Waals surface area contributed by atoms with Crippen molar-refractivity contribution in [1.82, 2.24) is 0 Å². The van der Waals surface area contributed by atoms with E-state index in [-0.39, 0.29) is 19.1 Å². The van der Waals surface area contributed by atoms with E-state index in [1.807, 2.05) is 31.2 Å². The minimum atomic E-state index is -4.35. The molecule has 0 aliphatic rings. The molecule has 0 heterocycles. The van der Waals surface area contributed by atoms with Crippen molar-refractivity contribution < 1.29 is 17.9 Å². The second kappa shape index (κ2) is 6.83. The molecule has 0 spiro atoms. The molecular weight excluding hydrogens is 291 g/mol. The van der Waals surface area contributed by atoms with E-state index in [2.05, 4.69) is 0 Å². The smallest absolute Gasteiger partial charge is 0.416 e. The third-order valence-electron chi connectivity index (χ3n) is 3.41. The maximum absolute atomic E-state index is 12.8. The maximum Gasteiger partial charge on any atom is 0.416 e. The van der Waals surface area contributed by atoms with Crippen LogP contribution in [0.1, 0.15) is 22.6 Å². The molecule has 0 saturated heterocycles. The molecule has 2 aromatic carbocycles. The number of aryl methyl sites for hydroxylation is 1. The molecular formula is C17H18F3NO. The van der Waals surface area contributed by atoms with Crippen molar-refractivity contribution >= 4 is 0 Å². The lowest BCUT2D eigenvalue weighted by molar-refractivity contribution is -0.137. The van der Waals surface area contributed by atoms with Gasteiger partial charge in [-0.05, 0) is 36.2 Å². The number of ether oxygens (including phenoxy) is 1. The van der Waals surface area contributed by atoms with Gasteiger partial charge in [0.05, 0.1) is 12.2 Å². The fourth-order valence-electron chi connectivity index (χ4n) is 2.17. The molecule has 22 heavy (non-hydrogen) atoms. The molecule has 2 aromatic rings. The van der Waals surface area contributed by atoms with Crippen molar-refractivity contribution in [2.24, 2.45) is 5.73 Å². The molecule has 0 saturated carbocycles. The van der Waals surface area contributed by atoms with E-state index in [0.29, 0.717) is 11.3 Å². The summed E-state index contributed by atoms with van der Waals surface area (Å²) in [5.41, 5.74) is 6.62. The number of nitrogens with two attached hydrogens (primary N) is 1. The van der Waals surface area contributed by atoms with Crippen LogP contribution in [0.3, 0.4) is 0 Å². The first-order valence-corrected chi connectivity index (χ1v) is 6.97. The number of rotatable bonds is 5. The molecule has 0 aliphatic heterocycles. The van der Waals surface area contributed by atoms with Gasteiger partial charge in [0.1, 0.15) is 5.75 Å². The summed E-state index contributed by atoms with van der Waals surface area (Å²) in [5.74, 6) is 0.397. The van der Waals surface area contributed by atoms with E-state index < -0.39 is 11.7 Å². The lowest BCUT2D eigenvalue weighted by atomic mass is 9.98. The zero-order valence-electron chi connectivity index (χ0n) is 12.2. The number of alkyl halides is 3. The molecule has 2 rings (SSSR count). The average Bonchev–Trinajstić information content (AvgIpc) is 2.47. The van der Waals surface area contributed by atoms with Gasteiger partial charge in [-0.15, -0.1) is 0 Å². The number of hydrogen-bond acceptors (Lipinski definition) is 2. The number of benzene rings is 2. The van der Waals surface area contributed by atoms with Crippen molar-refractivity contribution in [3.05, 3.63) is 65.2 Å². The maximum atomic E-state index is 12.8. The van der Waals surface area contributed by atoms with Gasteiger partial charge in [0.15, 0.2) is 0 Å². The Labute approximate surface area is 127 Å². The van der Waals surface area contributed by atoms with Crippen LogP contribution < -0.4 is 10.5 Å². The fraction of sp³-hybridized carbons (Fsp3) is 0.294. The van der Waals surface area contributed by atoms with Crippen molar-refractivity contribution in [1.29, 1.82) is 0 Å². The lowest BCUT2D eigenvalue weighted by Crippen LogP contribution is -2.20. The highest BCUT2D eigenvalue weighted by Gasteiger charge is 2.30. The molecule has 2 N–H and O–H groups in total. The van der Waals surface area contributed by atoms with Crippen LogP contribution in [-0.2, 0) is 6.18 Å². The third-order valence-corrected chi connectivity index (χ3v) is 3.41. The normalized spacial score (nSPS) is 13.0. The first-order valence-electron chi connectivity index (χ1n) is 6.97. The minimum Gasteiger partial charge on any atom is -0.493 e. The quantitative estimate of drug-likeness (QED) is 0.901. The summed E-state index contributed by atoms with van der Waals surface area (Å²) >= 11 is 0. The van der Waals surface area contributed by atoms with Crippen LogP contribution in [0.5, 0.6) is 5.75 Å². The summed E-state index contributed by atoms with van der Waals surface area (Å²) in [6, 6.07) is 12.7. The van der Waals surface area contributed by atoms with Crippen LogP contribution in [0.4, 0.5) is 13.2 Å². The molecule has 0 radical (unpaired) electrons. The summed E-state index contributed by atoms with van der Waals surface area (Å²) < 4.78 is 44.0. The van der Waals surface area contributed by atoms with Gasteiger partial charge in [-0.25, -0.2) is 0 Å². The predicted octanol–water partition coefficient (Wildman–Crippen LogP) is 4.14. The van der Waals surface area contributed by atoms with Crippen LogP contribution in [0.15, 0.2) is 48.5 Å². The predicted molar refractivity (Wildman–Crippen MR) is 79.9 cm³/mol. The van der Waals surface area contributed by atoms with Gasteiger partial charge < -0.3 is 10.5 Å². The van der Waals surface area contributed by atoms with Gasteiger partial charge >= 0.3 is 6.18 Å². The minimum absolute atomic E-state index is 0.215. The lowest BCUT2D eigenvalue weighted by Gasteiger charge is -2.18. The largest absolute Gasteiger partial charge is 0.493 e. The molecule has 0 fully saturated rings. The monoisotopic (exact) mass is 309 g/mol. The fourth-order valence-corrected chi connectivity index (χ4v) is 2.17. The van der Waals surface area contributed by atoms with Gasteiger partial charge in [-0.2, -0.15) is 13.2 Å². The van der Waals surface area contributed by atoms with Crippen LogP contribution in [0.2, 0.25) is 0 Å². The molecule has 0 aliphatic carbocycles. The Hall–Kier alpha value is -2.01. The highest BCUT2D eigenvalue weighted by atomic mass is 19.4. The summed E-state index contributed by atoms with van der Waals surface area (Å²) in [5, 5.41) is 0. The van der Waals surface area contributed by atoms with Crippen molar-refractivity contribution in [2.75, 3.05) is 13.2 Å². The average molecular weight is 309 g/mol. The Kier molecular flexibility index (Phi) is 5.08. The summed E-state index contributed by atoms with van der Waals surface area (Å²) in [6.07, 6.45) is -4.35. The molecule has 2 nitrogen and oxygen atoms in total. The molecule has 1 atom stereocenters. The van der Waals surface area contributed by atoms with Crippen molar-refractivity contribution in [3.63, 3.8) is 0 Å². The van der Waals surface area contributed by atoms with Gasteiger partial charge in [-0.3, -0.25) is 0 Å². The number of hydrogen-bond donors (Lipinski definition) is 1. The van der Waals surface area contributed by atoms with Crippen LogP contribution in [-0.4, -0.2) is 13.2 Å². The Bertz CT molecular complexity index is 625. The SMILES string of the molecule is Cc1cccc(OCC(CN)c2cccc(C(F)(F)F)c2)c1. The second-order valence-corrected chi connectivity index (χ2v) is 5.18. The number of halogens is 3. The third kappa shape index (κ3) is 4.24. The first-order chi connectivity index (χ1) is 10.4. The van der Waals surface area contributed by atoms with E-state index in [1.165, 1.54) is 6.07 Å². The zero-order chi connectivity index (χ0) is 16.2. The van der Waals surface area contributed by atoms with E-state index in [4.69, 9.17) is 10.5 Å². The highest BCUT2D eigenvalue weighted by Crippen LogP contribution is 2.31.